The molecule has 1 aromatic heterocycles. The van der Waals surface area contributed by atoms with E-state index in [9.17, 15) is 9.59 Å². The summed E-state index contributed by atoms with van der Waals surface area (Å²) < 4.78 is 5.35. The van der Waals surface area contributed by atoms with Gasteiger partial charge in [0.15, 0.2) is 0 Å². The molecule has 2 fully saturated rings. The van der Waals surface area contributed by atoms with E-state index < -0.39 is 10.8 Å². The summed E-state index contributed by atoms with van der Waals surface area (Å²) in [6.45, 7) is 7.17. The Morgan fingerprint density at radius 1 is 1.11 bits per heavy atom. The number of benzene rings is 3. The molecule has 2 saturated heterocycles. The van der Waals surface area contributed by atoms with Crippen LogP contribution in [0.15, 0.2) is 82.3 Å². The molecule has 0 radical (unpaired) electrons. The van der Waals surface area contributed by atoms with E-state index in [0.717, 1.165) is 76.2 Å². The number of carbonyl (C=O) groups is 2. The lowest BCUT2D eigenvalue weighted by Crippen LogP contribution is -2.48. The van der Waals surface area contributed by atoms with Crippen molar-refractivity contribution in [2.45, 2.75) is 42.0 Å². The van der Waals surface area contributed by atoms with Crippen molar-refractivity contribution >= 4 is 62.0 Å². The maximum atomic E-state index is 14.6. The van der Waals surface area contributed by atoms with Gasteiger partial charge in [-0.15, -0.1) is 11.8 Å². The van der Waals surface area contributed by atoms with Gasteiger partial charge in [-0.2, -0.15) is 0 Å². The predicted molar refractivity (Wildman–Crippen MR) is 180 cm³/mol. The van der Waals surface area contributed by atoms with Crippen LogP contribution in [0.25, 0.3) is 10.9 Å². The quantitative estimate of drug-likeness (QED) is 0.180. The van der Waals surface area contributed by atoms with Crippen molar-refractivity contribution in [1.29, 1.82) is 0 Å². The molecule has 7 nitrogen and oxygen atoms in total. The molecule has 4 aromatic rings. The van der Waals surface area contributed by atoms with Gasteiger partial charge in [-0.05, 0) is 61.9 Å². The largest absolute Gasteiger partial charge is 0.379 e. The highest BCUT2D eigenvalue weighted by atomic mass is 79.9. The van der Waals surface area contributed by atoms with Crippen LogP contribution in [0.5, 0.6) is 0 Å². The summed E-state index contributed by atoms with van der Waals surface area (Å²) in [5.41, 5.74) is 3.91. The van der Waals surface area contributed by atoms with Crippen molar-refractivity contribution in [2.75, 3.05) is 39.4 Å². The van der Waals surface area contributed by atoms with Gasteiger partial charge in [0.25, 0.3) is 0 Å². The average Bonchev–Trinajstić information content (AvgIpc) is 3.55. The number of aromatic nitrogens is 1. The molecule has 44 heavy (non-hydrogen) atoms. The maximum absolute atomic E-state index is 14.6. The van der Waals surface area contributed by atoms with E-state index in [1.807, 2.05) is 72.6 Å². The topological polar surface area (TPSA) is 77.7 Å². The number of H-pyrrole nitrogens is 1. The van der Waals surface area contributed by atoms with Gasteiger partial charge in [-0.1, -0.05) is 63.4 Å². The van der Waals surface area contributed by atoms with Crippen molar-refractivity contribution in [1.82, 2.24) is 20.1 Å². The van der Waals surface area contributed by atoms with E-state index in [-0.39, 0.29) is 18.2 Å². The fourth-order valence-electron chi connectivity index (χ4n) is 6.19. The fraction of sp³-hybridized carbons (Fsp3) is 0.353. The molecule has 2 unspecified atom stereocenters. The number of rotatable bonds is 10. The summed E-state index contributed by atoms with van der Waals surface area (Å²) in [6, 6.07) is 21.4. The van der Waals surface area contributed by atoms with Crippen LogP contribution in [0.4, 0.5) is 0 Å². The zero-order chi connectivity index (χ0) is 30.7. The molecule has 2 N–H and O–H groups in total. The Morgan fingerprint density at radius 2 is 1.86 bits per heavy atom. The van der Waals surface area contributed by atoms with Crippen LogP contribution < -0.4 is 5.32 Å². The molecule has 2 atom stereocenters. The SMILES string of the molecule is Cc1ccc(SC2(C(=O)NCCCN3CCOCC3)CC(=O)N(Cc3ccc(Br)cc3)C2c2c[nH]c3cc(Cl)ccc23)cc1. The summed E-state index contributed by atoms with van der Waals surface area (Å²) in [5.74, 6) is -0.172. The number of amides is 2. The third kappa shape index (κ3) is 6.72. The molecule has 0 bridgehead atoms. The molecule has 0 spiro atoms. The first-order valence-corrected chi connectivity index (χ1v) is 17.0. The van der Waals surface area contributed by atoms with Gasteiger partial charge >= 0.3 is 0 Å². The first-order valence-electron chi connectivity index (χ1n) is 15.0. The maximum Gasteiger partial charge on any atom is 0.239 e. The minimum atomic E-state index is -1.10. The molecule has 0 saturated carbocycles. The lowest BCUT2D eigenvalue weighted by Gasteiger charge is -2.36. The number of fused-ring (bicyclic) bond motifs is 1. The fourth-order valence-corrected chi connectivity index (χ4v) is 8.04. The number of hydrogen-bond acceptors (Lipinski definition) is 5. The van der Waals surface area contributed by atoms with E-state index in [4.69, 9.17) is 16.3 Å². The summed E-state index contributed by atoms with van der Waals surface area (Å²) in [6.07, 6.45) is 2.85. The van der Waals surface area contributed by atoms with Crippen molar-refractivity contribution < 1.29 is 14.3 Å². The van der Waals surface area contributed by atoms with Crippen LogP contribution in [0.1, 0.15) is 35.6 Å². The van der Waals surface area contributed by atoms with E-state index >= 15 is 0 Å². The Bertz CT molecular complexity index is 1620. The minimum absolute atomic E-state index is 0.0516. The first kappa shape index (κ1) is 31.2. The van der Waals surface area contributed by atoms with Crippen LogP contribution in [0, 0.1) is 6.92 Å². The van der Waals surface area contributed by atoms with Gasteiger partial charge in [0.1, 0.15) is 4.75 Å². The number of nitrogens with one attached hydrogen (secondary N) is 2. The lowest BCUT2D eigenvalue weighted by atomic mass is 9.91. The van der Waals surface area contributed by atoms with Crippen molar-refractivity contribution in [3.05, 3.63) is 99.1 Å². The molecule has 3 aromatic carbocycles. The number of halogens is 2. The van der Waals surface area contributed by atoms with Crippen LogP contribution in [-0.2, 0) is 20.9 Å². The van der Waals surface area contributed by atoms with Crippen LogP contribution >= 0.6 is 39.3 Å². The Labute approximate surface area is 275 Å². The second-order valence-electron chi connectivity index (χ2n) is 11.5. The number of aromatic amines is 1. The van der Waals surface area contributed by atoms with Gasteiger partial charge in [-0.3, -0.25) is 14.5 Å². The van der Waals surface area contributed by atoms with Gasteiger partial charge in [0.05, 0.1) is 25.7 Å². The number of carbonyl (C=O) groups excluding carboxylic acids is 2. The molecule has 230 valence electrons. The minimum Gasteiger partial charge on any atom is -0.379 e. The number of thioether (sulfide) groups is 1. The smallest absolute Gasteiger partial charge is 0.239 e. The summed E-state index contributed by atoms with van der Waals surface area (Å²) in [4.78, 5) is 37.3. The number of nitrogens with zero attached hydrogens (tertiary/aromatic N) is 2. The third-order valence-electron chi connectivity index (χ3n) is 8.47. The van der Waals surface area contributed by atoms with Crippen molar-refractivity contribution in [2.24, 2.45) is 0 Å². The number of aryl methyl sites for hydroxylation is 1. The Balaban J connectivity index is 1.39. The lowest BCUT2D eigenvalue weighted by molar-refractivity contribution is -0.129. The highest BCUT2D eigenvalue weighted by molar-refractivity contribution is 9.10. The normalized spacial score (nSPS) is 20.8. The first-order chi connectivity index (χ1) is 21.3. The summed E-state index contributed by atoms with van der Waals surface area (Å²) >= 11 is 11.4. The van der Waals surface area contributed by atoms with E-state index in [1.165, 1.54) is 11.8 Å². The number of ether oxygens (including phenoxy) is 1. The average molecular weight is 696 g/mol. The zero-order valence-corrected chi connectivity index (χ0v) is 27.8. The molecule has 6 rings (SSSR count). The second kappa shape index (κ2) is 13.7. The molecule has 0 aliphatic carbocycles. The molecule has 2 aliphatic heterocycles. The van der Waals surface area contributed by atoms with Gasteiger partial charge in [0, 0.05) is 63.2 Å². The molecule has 2 aliphatic rings. The highest BCUT2D eigenvalue weighted by Crippen LogP contribution is 2.54. The van der Waals surface area contributed by atoms with Gasteiger partial charge < -0.3 is 19.9 Å². The van der Waals surface area contributed by atoms with Gasteiger partial charge in [0.2, 0.25) is 11.8 Å². The number of hydrogen-bond donors (Lipinski definition) is 2. The van der Waals surface area contributed by atoms with Crippen LogP contribution in [0.2, 0.25) is 5.02 Å². The standard InChI is InChI=1S/C34H36BrClN4O3S/c1-23-3-10-27(11-4-23)44-34(33(42)37-13-2-14-39-15-17-43-18-16-39)20-31(41)40(22-24-5-7-25(35)8-6-24)32(34)29-21-38-30-19-26(36)9-12-28(29)30/h3-12,19,21,32,38H,2,13-18,20,22H2,1H3,(H,37,42). The highest BCUT2D eigenvalue weighted by Gasteiger charge is 2.58. The van der Waals surface area contributed by atoms with Crippen LogP contribution in [0.3, 0.4) is 0 Å². The monoisotopic (exact) mass is 694 g/mol. The predicted octanol–water partition coefficient (Wildman–Crippen LogP) is 6.74. The van der Waals surface area contributed by atoms with E-state index in [0.29, 0.717) is 18.1 Å². The number of likely N-dealkylation sites (tertiary alicyclic amines) is 1. The number of morpholine rings is 1. The van der Waals surface area contributed by atoms with Crippen LogP contribution in [-0.4, -0.2) is 70.7 Å². The summed E-state index contributed by atoms with van der Waals surface area (Å²) in [7, 11) is 0. The molecule has 10 heteroatoms. The molecular weight excluding hydrogens is 660 g/mol. The van der Waals surface area contributed by atoms with Crippen molar-refractivity contribution in [3.8, 4) is 0 Å². The van der Waals surface area contributed by atoms with Crippen molar-refractivity contribution in [3.63, 3.8) is 0 Å². The van der Waals surface area contributed by atoms with E-state index in [2.05, 4.69) is 43.3 Å². The summed E-state index contributed by atoms with van der Waals surface area (Å²) in [5, 5.41) is 4.84. The Hall–Kier alpha value is -2.82. The molecule has 2 amide bonds. The van der Waals surface area contributed by atoms with Gasteiger partial charge in [-0.25, -0.2) is 0 Å². The third-order valence-corrected chi connectivity index (χ3v) is 10.7. The Kier molecular flexibility index (Phi) is 9.68. The van der Waals surface area contributed by atoms with E-state index in [1.54, 1.807) is 0 Å². The molecule has 3 heterocycles. The zero-order valence-electron chi connectivity index (χ0n) is 24.7. The molecular formula is C34H36BrClN4O3S. The second-order valence-corrected chi connectivity index (χ2v) is 14.3. The Morgan fingerprint density at radius 3 is 2.61 bits per heavy atom.